The van der Waals surface area contributed by atoms with Crippen molar-refractivity contribution >= 4 is 11.9 Å². The van der Waals surface area contributed by atoms with E-state index in [0.29, 0.717) is 12.1 Å². The molecule has 0 amide bonds. The maximum atomic E-state index is 4.47. The van der Waals surface area contributed by atoms with Gasteiger partial charge in [-0.25, -0.2) is 14.1 Å². The van der Waals surface area contributed by atoms with Crippen LogP contribution in [-0.2, 0) is 0 Å². The molecule has 0 saturated heterocycles. The van der Waals surface area contributed by atoms with Crippen LogP contribution in [0.1, 0.15) is 13.8 Å². The van der Waals surface area contributed by atoms with E-state index in [0.717, 1.165) is 11.9 Å². The molecule has 21 heavy (non-hydrogen) atoms. The van der Waals surface area contributed by atoms with Crippen molar-refractivity contribution in [3.63, 3.8) is 0 Å². The lowest BCUT2D eigenvalue weighted by Gasteiger charge is -2.26. The number of imidazole rings is 1. The molecule has 6 nitrogen and oxygen atoms in total. The van der Waals surface area contributed by atoms with Gasteiger partial charge in [0, 0.05) is 26.3 Å². The summed E-state index contributed by atoms with van der Waals surface area (Å²) in [5.41, 5.74) is 0. The molecule has 3 heterocycles. The van der Waals surface area contributed by atoms with Crippen molar-refractivity contribution in [3.8, 4) is 0 Å². The zero-order chi connectivity index (χ0) is 15.0. The number of hydrogen-bond acceptors (Lipinski definition) is 4. The van der Waals surface area contributed by atoms with Crippen LogP contribution in [0.25, 0.3) is 0 Å². The zero-order valence-corrected chi connectivity index (χ0v) is 12.9. The Morgan fingerprint density at radius 2 is 1.67 bits per heavy atom. The van der Waals surface area contributed by atoms with E-state index in [1.807, 2.05) is 54.4 Å². The molecule has 0 aromatic carbocycles. The van der Waals surface area contributed by atoms with Crippen LogP contribution >= 0.6 is 0 Å². The van der Waals surface area contributed by atoms with Gasteiger partial charge in [0.25, 0.3) is 5.96 Å². The van der Waals surface area contributed by atoms with E-state index in [2.05, 4.69) is 45.8 Å². The molecule has 0 spiro atoms. The number of aliphatic imine (C=N–C) groups is 2. The van der Waals surface area contributed by atoms with Crippen LogP contribution in [0.2, 0.25) is 0 Å². The topological polar surface area (TPSA) is 40.0 Å². The SMILES string of the molecule is CC1C=CN=C(n2cc[n+](C3=NC=CC(C)N3C)c2)N1C. The van der Waals surface area contributed by atoms with E-state index in [-0.39, 0.29) is 0 Å². The predicted octanol–water partition coefficient (Wildman–Crippen LogP) is 0.879. The summed E-state index contributed by atoms with van der Waals surface area (Å²) in [7, 11) is 4.10. The molecule has 2 aliphatic rings. The van der Waals surface area contributed by atoms with E-state index < -0.39 is 0 Å². The van der Waals surface area contributed by atoms with Crippen molar-refractivity contribution in [3.05, 3.63) is 43.3 Å². The first-order valence-corrected chi connectivity index (χ1v) is 7.12. The summed E-state index contributed by atoms with van der Waals surface area (Å²) in [6, 6.07) is 0.678. The second kappa shape index (κ2) is 5.20. The molecule has 0 fully saturated rings. The Bertz CT molecular complexity index is 596. The van der Waals surface area contributed by atoms with Crippen molar-refractivity contribution in [2.24, 2.45) is 9.98 Å². The van der Waals surface area contributed by atoms with Crippen LogP contribution in [0.15, 0.2) is 53.3 Å². The van der Waals surface area contributed by atoms with Crippen molar-refractivity contribution in [1.29, 1.82) is 0 Å². The molecule has 1 aromatic rings. The maximum absolute atomic E-state index is 4.47. The Morgan fingerprint density at radius 3 is 2.43 bits per heavy atom. The van der Waals surface area contributed by atoms with Crippen molar-refractivity contribution < 1.29 is 4.57 Å². The molecule has 2 atom stereocenters. The highest BCUT2D eigenvalue weighted by Gasteiger charge is 2.25. The molecule has 0 N–H and O–H groups in total. The van der Waals surface area contributed by atoms with Crippen LogP contribution in [0.4, 0.5) is 0 Å². The molecule has 3 rings (SSSR count). The fourth-order valence-corrected chi connectivity index (χ4v) is 2.36. The third-order valence-electron chi connectivity index (χ3n) is 4.06. The summed E-state index contributed by atoms with van der Waals surface area (Å²) in [5, 5.41) is 0. The number of hydrogen-bond donors (Lipinski definition) is 0. The van der Waals surface area contributed by atoms with Gasteiger partial charge in [0.2, 0.25) is 0 Å². The number of likely N-dealkylation sites (N-methyl/N-ethyl adjacent to an activating group) is 2. The summed E-state index contributed by atoms with van der Waals surface area (Å²) in [6.45, 7) is 4.29. The molecule has 2 unspecified atom stereocenters. The maximum Gasteiger partial charge on any atom is 0.354 e. The minimum Gasteiger partial charge on any atom is -0.329 e. The quantitative estimate of drug-likeness (QED) is 0.664. The third-order valence-corrected chi connectivity index (χ3v) is 4.06. The molecule has 0 saturated carbocycles. The second-order valence-corrected chi connectivity index (χ2v) is 5.47. The number of aromatic nitrogens is 2. The Hall–Kier alpha value is -2.37. The van der Waals surface area contributed by atoms with Gasteiger partial charge in [-0.1, -0.05) is 0 Å². The van der Waals surface area contributed by atoms with Gasteiger partial charge >= 0.3 is 5.96 Å². The van der Waals surface area contributed by atoms with Crippen LogP contribution in [-0.4, -0.2) is 52.5 Å². The third kappa shape index (κ3) is 2.37. The fourth-order valence-electron chi connectivity index (χ4n) is 2.36. The van der Waals surface area contributed by atoms with Crippen molar-refractivity contribution in [2.45, 2.75) is 25.9 Å². The first-order valence-electron chi connectivity index (χ1n) is 7.12. The molecule has 110 valence electrons. The van der Waals surface area contributed by atoms with Crippen molar-refractivity contribution in [1.82, 2.24) is 14.4 Å². The standard InChI is InChI=1S/C15H21N6/c1-12-5-7-16-14(18(12)3)20-9-10-21(11-20)15-17-8-6-13(2)19(15)4/h5-13H,1-4H3/q+1. The fraction of sp³-hybridized carbons (Fsp3) is 0.400. The van der Waals surface area contributed by atoms with Gasteiger partial charge in [-0.2, -0.15) is 0 Å². The normalized spacial score (nSPS) is 25.1. The Balaban J connectivity index is 1.91. The average molecular weight is 285 g/mol. The van der Waals surface area contributed by atoms with E-state index in [4.69, 9.17) is 0 Å². The molecular weight excluding hydrogens is 264 g/mol. The van der Waals surface area contributed by atoms with Gasteiger partial charge < -0.3 is 4.90 Å². The molecule has 0 radical (unpaired) electrons. The van der Waals surface area contributed by atoms with E-state index >= 15 is 0 Å². The van der Waals surface area contributed by atoms with Crippen LogP contribution in [0.5, 0.6) is 0 Å². The molecule has 6 heteroatoms. The van der Waals surface area contributed by atoms with Gasteiger partial charge in [0.1, 0.15) is 0 Å². The van der Waals surface area contributed by atoms with Gasteiger partial charge in [-0.3, -0.25) is 4.90 Å². The number of nitrogens with zero attached hydrogens (tertiary/aromatic N) is 6. The van der Waals surface area contributed by atoms with E-state index in [1.54, 1.807) is 0 Å². The molecule has 1 aromatic heterocycles. The first-order chi connectivity index (χ1) is 10.1. The Morgan fingerprint density at radius 1 is 1.00 bits per heavy atom. The van der Waals surface area contributed by atoms with Gasteiger partial charge in [0.05, 0.1) is 24.6 Å². The predicted molar refractivity (Wildman–Crippen MR) is 83.0 cm³/mol. The molecule has 0 aliphatic carbocycles. The summed E-state index contributed by atoms with van der Waals surface area (Å²) in [5.74, 6) is 1.82. The van der Waals surface area contributed by atoms with Gasteiger partial charge in [-0.15, -0.1) is 4.99 Å². The largest absolute Gasteiger partial charge is 0.354 e. The highest BCUT2D eigenvalue weighted by atomic mass is 15.4. The van der Waals surface area contributed by atoms with Crippen molar-refractivity contribution in [2.75, 3.05) is 14.1 Å². The van der Waals surface area contributed by atoms with Gasteiger partial charge in [-0.05, 0) is 26.0 Å². The lowest BCUT2D eigenvalue weighted by molar-refractivity contribution is -0.564. The first kappa shape index (κ1) is 13.6. The molecular formula is C15H21N6+. The summed E-state index contributed by atoms with van der Waals surface area (Å²) in [4.78, 5) is 13.2. The summed E-state index contributed by atoms with van der Waals surface area (Å²) < 4.78 is 4.03. The van der Waals surface area contributed by atoms with Gasteiger partial charge in [0.15, 0.2) is 6.33 Å². The van der Waals surface area contributed by atoms with Crippen LogP contribution in [0.3, 0.4) is 0 Å². The zero-order valence-electron chi connectivity index (χ0n) is 12.9. The second-order valence-electron chi connectivity index (χ2n) is 5.47. The lowest BCUT2D eigenvalue weighted by atomic mass is 10.3. The summed E-state index contributed by atoms with van der Waals surface area (Å²) in [6.07, 6.45) is 13.9. The highest BCUT2D eigenvalue weighted by Crippen LogP contribution is 2.08. The number of rotatable bonds is 0. The molecule has 0 bridgehead atoms. The molecule has 2 aliphatic heterocycles. The minimum absolute atomic E-state index is 0.339. The minimum atomic E-state index is 0.339. The smallest absolute Gasteiger partial charge is 0.329 e. The van der Waals surface area contributed by atoms with Crippen LogP contribution in [0, 0.1) is 0 Å². The Kier molecular flexibility index (Phi) is 3.37. The Labute approximate surface area is 125 Å². The monoisotopic (exact) mass is 285 g/mol. The van der Waals surface area contributed by atoms with Crippen LogP contribution < -0.4 is 4.57 Å². The summed E-state index contributed by atoms with van der Waals surface area (Å²) >= 11 is 0. The highest BCUT2D eigenvalue weighted by molar-refractivity contribution is 5.84. The van der Waals surface area contributed by atoms with E-state index in [1.165, 1.54) is 0 Å². The lowest BCUT2D eigenvalue weighted by Crippen LogP contribution is -2.54. The average Bonchev–Trinajstić information content (AvgIpc) is 2.94. The van der Waals surface area contributed by atoms with E-state index in [9.17, 15) is 0 Å².